The van der Waals surface area contributed by atoms with E-state index in [9.17, 15) is 4.39 Å². The van der Waals surface area contributed by atoms with E-state index in [4.69, 9.17) is 0 Å². The number of nitrogens with zero attached hydrogens (tertiary/aromatic N) is 2. The fraction of sp³-hybridized carbons (Fsp3) is 0.0189. The Morgan fingerprint density at radius 1 is 0.393 bits per heavy atom. The zero-order valence-corrected chi connectivity index (χ0v) is 30.5. The summed E-state index contributed by atoms with van der Waals surface area (Å²) < 4.78 is 17.2. The van der Waals surface area contributed by atoms with Gasteiger partial charge in [0.15, 0.2) is 0 Å². The maximum atomic E-state index is 14.8. The standard InChI is InChI=1S/C53H35FN2/c54-40-26-25-36-32-47-45-29-27-44(35-50(45)53(38-15-5-1-6-16-38,39-17-7-2-8-18-39)49(47)33-37(36)31-40)55(41-19-9-3-10-20-41)43-28-30-52-48(34-43)46-23-13-14-24-51(46)56(52)42-21-11-4-12-22-42/h1-35H. The minimum atomic E-state index is -0.654. The molecular formula is C53H35FN2. The van der Waals surface area contributed by atoms with Crippen molar-refractivity contribution in [1.82, 2.24) is 4.57 Å². The van der Waals surface area contributed by atoms with Crippen molar-refractivity contribution >= 4 is 49.6 Å². The highest BCUT2D eigenvalue weighted by molar-refractivity contribution is 6.10. The van der Waals surface area contributed by atoms with Gasteiger partial charge in [-0.2, -0.15) is 0 Å². The molecule has 0 saturated carbocycles. The predicted molar refractivity (Wildman–Crippen MR) is 230 cm³/mol. The van der Waals surface area contributed by atoms with E-state index in [1.807, 2.05) is 6.07 Å². The third-order valence-electron chi connectivity index (χ3n) is 11.7. The van der Waals surface area contributed by atoms with Gasteiger partial charge in [-0.05, 0) is 129 Å². The Morgan fingerprint density at radius 2 is 0.982 bits per heavy atom. The Morgan fingerprint density at radius 3 is 1.71 bits per heavy atom. The van der Waals surface area contributed by atoms with Crippen LogP contribution in [-0.2, 0) is 5.41 Å². The number of halogens is 1. The Balaban J connectivity index is 1.19. The van der Waals surface area contributed by atoms with E-state index in [0.717, 1.165) is 44.6 Å². The molecule has 0 N–H and O–H groups in total. The topological polar surface area (TPSA) is 8.17 Å². The van der Waals surface area contributed by atoms with Crippen molar-refractivity contribution in [3.8, 4) is 16.8 Å². The summed E-state index contributed by atoms with van der Waals surface area (Å²) in [7, 11) is 0. The van der Waals surface area contributed by atoms with Crippen molar-refractivity contribution in [2.75, 3.05) is 4.90 Å². The van der Waals surface area contributed by atoms with Crippen LogP contribution in [0, 0.1) is 5.82 Å². The number of anilines is 3. The fourth-order valence-electron chi connectivity index (χ4n) is 9.31. The molecule has 1 aliphatic rings. The highest BCUT2D eigenvalue weighted by Gasteiger charge is 2.46. The van der Waals surface area contributed by atoms with Crippen LogP contribution in [0.5, 0.6) is 0 Å². The molecule has 9 aromatic carbocycles. The number of hydrogen-bond acceptors (Lipinski definition) is 1. The average Bonchev–Trinajstić information content (AvgIpc) is 3.74. The molecule has 1 aliphatic carbocycles. The molecule has 0 unspecified atom stereocenters. The molecule has 11 rings (SSSR count). The van der Waals surface area contributed by atoms with Crippen LogP contribution >= 0.6 is 0 Å². The number of benzene rings is 9. The predicted octanol–water partition coefficient (Wildman–Crippen LogP) is 13.9. The molecule has 0 aliphatic heterocycles. The molecule has 0 bridgehead atoms. The van der Waals surface area contributed by atoms with Gasteiger partial charge in [0, 0.05) is 33.5 Å². The molecule has 1 aromatic heterocycles. The summed E-state index contributed by atoms with van der Waals surface area (Å²) in [5.74, 6) is -0.234. The van der Waals surface area contributed by atoms with E-state index in [1.54, 1.807) is 12.1 Å². The van der Waals surface area contributed by atoms with Crippen LogP contribution < -0.4 is 4.90 Å². The molecule has 264 valence electrons. The van der Waals surface area contributed by atoms with E-state index < -0.39 is 5.41 Å². The lowest BCUT2D eigenvalue weighted by Crippen LogP contribution is -2.28. The second-order valence-corrected chi connectivity index (χ2v) is 14.7. The average molecular weight is 719 g/mol. The van der Waals surface area contributed by atoms with Crippen molar-refractivity contribution in [3.05, 3.63) is 240 Å². The molecule has 2 nitrogen and oxygen atoms in total. The van der Waals surface area contributed by atoms with E-state index in [2.05, 4.69) is 204 Å². The highest BCUT2D eigenvalue weighted by Crippen LogP contribution is 2.58. The maximum Gasteiger partial charge on any atom is 0.123 e. The summed E-state index contributed by atoms with van der Waals surface area (Å²) in [6, 6.07) is 74.9. The van der Waals surface area contributed by atoms with Gasteiger partial charge in [-0.3, -0.25) is 0 Å². The molecule has 0 radical (unpaired) electrons. The molecule has 0 fully saturated rings. The minimum Gasteiger partial charge on any atom is -0.310 e. The number of para-hydroxylation sites is 3. The number of hydrogen-bond donors (Lipinski definition) is 0. The normalized spacial score (nSPS) is 12.9. The van der Waals surface area contributed by atoms with E-state index in [0.29, 0.717) is 0 Å². The minimum absolute atomic E-state index is 0.234. The highest BCUT2D eigenvalue weighted by atomic mass is 19.1. The number of aromatic nitrogens is 1. The van der Waals surface area contributed by atoms with Crippen LogP contribution in [0.1, 0.15) is 22.3 Å². The van der Waals surface area contributed by atoms with Crippen LogP contribution in [-0.4, -0.2) is 4.57 Å². The van der Waals surface area contributed by atoms with E-state index in [1.165, 1.54) is 44.1 Å². The Bertz CT molecular complexity index is 3040. The number of fused-ring (bicyclic) bond motifs is 7. The Kier molecular flexibility index (Phi) is 7.30. The molecule has 0 amide bonds. The van der Waals surface area contributed by atoms with Gasteiger partial charge in [0.05, 0.1) is 16.4 Å². The summed E-state index contributed by atoms with van der Waals surface area (Å²) in [5.41, 5.74) is 13.0. The lowest BCUT2D eigenvalue weighted by Gasteiger charge is -2.35. The summed E-state index contributed by atoms with van der Waals surface area (Å²) in [5, 5.41) is 4.31. The second kappa shape index (κ2) is 12.7. The van der Waals surface area contributed by atoms with Crippen molar-refractivity contribution in [2.24, 2.45) is 0 Å². The molecule has 0 saturated heterocycles. The maximum absolute atomic E-state index is 14.8. The summed E-state index contributed by atoms with van der Waals surface area (Å²) in [4.78, 5) is 2.38. The summed E-state index contributed by atoms with van der Waals surface area (Å²) in [6.45, 7) is 0. The lowest BCUT2D eigenvalue weighted by atomic mass is 9.67. The lowest BCUT2D eigenvalue weighted by molar-refractivity contribution is 0.629. The molecule has 0 spiro atoms. The van der Waals surface area contributed by atoms with Gasteiger partial charge in [-0.1, -0.05) is 127 Å². The molecule has 1 heterocycles. The van der Waals surface area contributed by atoms with E-state index >= 15 is 0 Å². The van der Waals surface area contributed by atoms with Gasteiger partial charge in [0.2, 0.25) is 0 Å². The van der Waals surface area contributed by atoms with Crippen molar-refractivity contribution in [2.45, 2.75) is 5.41 Å². The van der Waals surface area contributed by atoms with Crippen molar-refractivity contribution < 1.29 is 4.39 Å². The largest absolute Gasteiger partial charge is 0.310 e. The van der Waals surface area contributed by atoms with Crippen molar-refractivity contribution in [3.63, 3.8) is 0 Å². The van der Waals surface area contributed by atoms with Gasteiger partial charge in [0.25, 0.3) is 0 Å². The zero-order valence-electron chi connectivity index (χ0n) is 30.5. The smallest absolute Gasteiger partial charge is 0.123 e. The monoisotopic (exact) mass is 718 g/mol. The first kappa shape index (κ1) is 32.2. The van der Waals surface area contributed by atoms with Crippen LogP contribution in [0.3, 0.4) is 0 Å². The molecule has 56 heavy (non-hydrogen) atoms. The SMILES string of the molecule is Fc1ccc2cc3c(cc2c1)C(c1ccccc1)(c1ccccc1)c1cc(N(c2ccccc2)c2ccc4c(c2)c2ccccc2n4-c2ccccc2)ccc1-3. The third kappa shape index (κ3) is 4.81. The van der Waals surface area contributed by atoms with Gasteiger partial charge >= 0.3 is 0 Å². The first-order valence-corrected chi connectivity index (χ1v) is 19.1. The third-order valence-corrected chi connectivity index (χ3v) is 11.7. The zero-order chi connectivity index (χ0) is 37.2. The Hall–Kier alpha value is -7.23. The van der Waals surface area contributed by atoms with Crippen LogP contribution in [0.4, 0.5) is 21.5 Å². The van der Waals surface area contributed by atoms with Gasteiger partial charge in [-0.15, -0.1) is 0 Å². The first-order chi connectivity index (χ1) is 27.7. The number of rotatable bonds is 6. The first-order valence-electron chi connectivity index (χ1n) is 19.1. The quantitative estimate of drug-likeness (QED) is 0.166. The fourth-order valence-corrected chi connectivity index (χ4v) is 9.31. The molecule has 3 heteroatoms. The molecule has 0 atom stereocenters. The van der Waals surface area contributed by atoms with Crippen LogP contribution in [0.2, 0.25) is 0 Å². The molecule has 10 aromatic rings. The van der Waals surface area contributed by atoms with Crippen LogP contribution in [0.15, 0.2) is 212 Å². The van der Waals surface area contributed by atoms with Gasteiger partial charge in [0.1, 0.15) is 5.82 Å². The molecular weight excluding hydrogens is 684 g/mol. The summed E-state index contributed by atoms with van der Waals surface area (Å²) in [6.07, 6.45) is 0. The second-order valence-electron chi connectivity index (χ2n) is 14.7. The van der Waals surface area contributed by atoms with Crippen LogP contribution in [0.25, 0.3) is 49.4 Å². The van der Waals surface area contributed by atoms with E-state index in [-0.39, 0.29) is 5.82 Å². The van der Waals surface area contributed by atoms with Gasteiger partial charge in [-0.25, -0.2) is 4.39 Å². The van der Waals surface area contributed by atoms with Crippen molar-refractivity contribution in [1.29, 1.82) is 0 Å². The summed E-state index contributed by atoms with van der Waals surface area (Å²) >= 11 is 0. The van der Waals surface area contributed by atoms with Gasteiger partial charge < -0.3 is 9.47 Å². The Labute approximate surface area is 325 Å².